The van der Waals surface area contributed by atoms with Crippen molar-refractivity contribution in [2.75, 3.05) is 46.2 Å². The van der Waals surface area contributed by atoms with Crippen molar-refractivity contribution in [1.82, 2.24) is 0 Å². The van der Waals surface area contributed by atoms with Crippen LogP contribution in [0.1, 0.15) is 11.9 Å². The molecule has 0 aliphatic carbocycles. The van der Waals surface area contributed by atoms with Crippen LogP contribution in [0.2, 0.25) is 0 Å². The maximum absolute atomic E-state index is 6.38. The second-order valence-corrected chi connectivity index (χ2v) is 8.51. The quantitative estimate of drug-likeness (QED) is 0.494. The first kappa shape index (κ1) is 20.5. The van der Waals surface area contributed by atoms with Crippen LogP contribution in [-0.2, 0) is 42.6 Å². The third-order valence-corrected chi connectivity index (χ3v) is 5.96. The van der Waals surface area contributed by atoms with Crippen molar-refractivity contribution in [3.63, 3.8) is 0 Å². The summed E-state index contributed by atoms with van der Waals surface area (Å²) < 4.78 is 53.2. The highest BCUT2D eigenvalue weighted by atomic mass is 16.8. The number of rotatable bonds is 10. The van der Waals surface area contributed by atoms with Crippen LogP contribution in [0.3, 0.4) is 0 Å². The first-order valence-corrected chi connectivity index (χ1v) is 11.0. The van der Waals surface area contributed by atoms with E-state index >= 15 is 0 Å². The highest BCUT2D eigenvalue weighted by Gasteiger charge is 2.53. The lowest BCUT2D eigenvalue weighted by Gasteiger charge is -2.48. The molecule has 0 radical (unpaired) electrons. The van der Waals surface area contributed by atoms with Crippen molar-refractivity contribution in [2.24, 2.45) is 0 Å². The van der Waals surface area contributed by atoms with Crippen LogP contribution in [-0.4, -0.2) is 95.3 Å². The standard InChI is InChI=1S/C22H28O9/c1-2-4-13(5-3-1)21-29-12-17-18(31-21)19(26-9-14-6-23-14)20(27-10-15-7-24-15)22(30-17)28-11-16-8-25-16/h1-5,14-22H,6-12H2/t14?,15?,16?,17-,18-,19+,20-,21?,22+/m1/s1. The number of ether oxygens (including phenoxy) is 9. The molecule has 4 unspecified atom stereocenters. The molecular formula is C22H28O9. The van der Waals surface area contributed by atoms with Crippen LogP contribution in [0.15, 0.2) is 30.3 Å². The van der Waals surface area contributed by atoms with E-state index in [4.69, 9.17) is 42.6 Å². The van der Waals surface area contributed by atoms with Gasteiger partial charge < -0.3 is 42.6 Å². The number of hydrogen-bond donors (Lipinski definition) is 0. The SMILES string of the molecule is c1ccc(C2OC[C@H]3O[C@H](OCC4CO4)[C@H](OCC4CO4)[C@@H](OCC4CO4)[C@@H]3O2)cc1. The summed E-state index contributed by atoms with van der Waals surface area (Å²) in [6.45, 7) is 3.91. The summed E-state index contributed by atoms with van der Waals surface area (Å²) in [4.78, 5) is 0. The molecule has 0 spiro atoms. The van der Waals surface area contributed by atoms with Crippen LogP contribution < -0.4 is 0 Å². The maximum Gasteiger partial charge on any atom is 0.187 e. The summed E-state index contributed by atoms with van der Waals surface area (Å²) in [5.74, 6) is 0. The van der Waals surface area contributed by atoms with Crippen molar-refractivity contribution in [3.05, 3.63) is 35.9 Å². The number of hydrogen-bond acceptors (Lipinski definition) is 9. The van der Waals surface area contributed by atoms with Gasteiger partial charge >= 0.3 is 0 Å². The maximum atomic E-state index is 6.38. The van der Waals surface area contributed by atoms with Gasteiger partial charge in [-0.3, -0.25) is 0 Å². The average Bonchev–Trinajstić information content (AvgIpc) is 3.65. The first-order valence-electron chi connectivity index (χ1n) is 11.0. The molecule has 6 rings (SSSR count). The molecule has 9 nitrogen and oxygen atoms in total. The fraction of sp³-hybridized carbons (Fsp3) is 0.727. The topological polar surface area (TPSA) is 93.0 Å². The van der Waals surface area contributed by atoms with E-state index in [-0.39, 0.29) is 36.6 Å². The first-order chi connectivity index (χ1) is 15.3. The van der Waals surface area contributed by atoms with Gasteiger partial charge in [-0.2, -0.15) is 0 Å². The Hall–Kier alpha value is -1.14. The van der Waals surface area contributed by atoms with Crippen LogP contribution in [0.25, 0.3) is 0 Å². The molecule has 170 valence electrons. The van der Waals surface area contributed by atoms with E-state index in [0.29, 0.717) is 46.2 Å². The minimum atomic E-state index is -0.602. The highest BCUT2D eigenvalue weighted by molar-refractivity contribution is 5.16. The van der Waals surface area contributed by atoms with Gasteiger partial charge in [0.25, 0.3) is 0 Å². The molecule has 31 heavy (non-hydrogen) atoms. The van der Waals surface area contributed by atoms with Crippen molar-refractivity contribution in [3.8, 4) is 0 Å². The lowest BCUT2D eigenvalue weighted by molar-refractivity contribution is -0.370. The molecule has 9 atom stereocenters. The zero-order valence-corrected chi connectivity index (χ0v) is 17.2. The molecule has 1 aromatic rings. The lowest BCUT2D eigenvalue weighted by Crippen LogP contribution is -2.64. The van der Waals surface area contributed by atoms with Crippen molar-refractivity contribution >= 4 is 0 Å². The molecule has 0 bridgehead atoms. The fourth-order valence-electron chi connectivity index (χ4n) is 3.96. The summed E-state index contributed by atoms with van der Waals surface area (Å²) in [5.41, 5.74) is 0.957. The molecule has 0 saturated carbocycles. The van der Waals surface area contributed by atoms with E-state index in [0.717, 1.165) is 5.56 Å². The van der Waals surface area contributed by atoms with Crippen molar-refractivity contribution in [2.45, 2.75) is 55.3 Å². The Morgan fingerprint density at radius 1 is 0.677 bits per heavy atom. The number of benzene rings is 1. The van der Waals surface area contributed by atoms with Crippen LogP contribution in [0, 0.1) is 0 Å². The van der Waals surface area contributed by atoms with Gasteiger partial charge in [-0.15, -0.1) is 0 Å². The average molecular weight is 436 g/mol. The summed E-state index contributed by atoms with van der Waals surface area (Å²) in [6.07, 6.45) is -2.27. The Morgan fingerprint density at radius 2 is 1.29 bits per heavy atom. The van der Waals surface area contributed by atoms with E-state index in [9.17, 15) is 0 Å². The molecule has 5 saturated heterocycles. The zero-order valence-electron chi connectivity index (χ0n) is 17.2. The zero-order chi connectivity index (χ0) is 20.6. The van der Waals surface area contributed by atoms with E-state index < -0.39 is 18.7 Å². The van der Waals surface area contributed by atoms with Gasteiger partial charge in [0, 0.05) is 5.56 Å². The molecule has 5 aliphatic heterocycles. The minimum absolute atomic E-state index is 0.116. The van der Waals surface area contributed by atoms with Gasteiger partial charge in [0.15, 0.2) is 12.6 Å². The summed E-state index contributed by atoms with van der Waals surface area (Å²) in [6, 6.07) is 9.88. The lowest BCUT2D eigenvalue weighted by atomic mass is 9.97. The fourth-order valence-corrected chi connectivity index (χ4v) is 3.96. The summed E-state index contributed by atoms with van der Waals surface area (Å²) in [7, 11) is 0. The molecule has 1 aromatic carbocycles. The van der Waals surface area contributed by atoms with E-state index in [1.807, 2.05) is 30.3 Å². The molecule has 0 N–H and O–H groups in total. The molecule has 9 heteroatoms. The van der Waals surface area contributed by atoms with Gasteiger partial charge in [0.05, 0.1) is 46.2 Å². The molecule has 0 aromatic heterocycles. The predicted octanol–water partition coefficient (Wildman–Crippen LogP) is 0.809. The second-order valence-electron chi connectivity index (χ2n) is 8.51. The Bertz CT molecular complexity index is 721. The van der Waals surface area contributed by atoms with Crippen molar-refractivity contribution < 1.29 is 42.6 Å². The number of epoxide rings is 3. The normalized spacial score (nSPS) is 43.3. The Labute approximate surface area is 180 Å². The van der Waals surface area contributed by atoms with Gasteiger partial charge in [0.2, 0.25) is 0 Å². The summed E-state index contributed by atoms with van der Waals surface area (Å²) in [5, 5.41) is 0. The molecule has 5 heterocycles. The predicted molar refractivity (Wildman–Crippen MR) is 103 cm³/mol. The van der Waals surface area contributed by atoms with E-state index in [1.165, 1.54) is 0 Å². The molecule has 0 amide bonds. The van der Waals surface area contributed by atoms with Gasteiger partial charge in [-0.05, 0) is 0 Å². The van der Waals surface area contributed by atoms with Gasteiger partial charge in [0.1, 0.15) is 42.7 Å². The Morgan fingerprint density at radius 3 is 1.94 bits per heavy atom. The van der Waals surface area contributed by atoms with E-state index in [1.54, 1.807) is 0 Å². The molecule has 5 fully saturated rings. The Kier molecular flexibility index (Phi) is 5.95. The third-order valence-electron chi connectivity index (χ3n) is 5.96. The Balaban J connectivity index is 1.21. The highest BCUT2D eigenvalue weighted by Crippen LogP contribution is 2.37. The largest absolute Gasteiger partial charge is 0.371 e. The van der Waals surface area contributed by atoms with Crippen LogP contribution >= 0.6 is 0 Å². The van der Waals surface area contributed by atoms with Gasteiger partial charge in [-0.25, -0.2) is 0 Å². The molecule has 5 aliphatic rings. The van der Waals surface area contributed by atoms with Crippen LogP contribution in [0.5, 0.6) is 0 Å². The number of fused-ring (bicyclic) bond motifs is 1. The van der Waals surface area contributed by atoms with Crippen LogP contribution in [0.4, 0.5) is 0 Å². The van der Waals surface area contributed by atoms with Gasteiger partial charge in [-0.1, -0.05) is 30.3 Å². The minimum Gasteiger partial charge on any atom is -0.371 e. The smallest absolute Gasteiger partial charge is 0.187 e. The monoisotopic (exact) mass is 436 g/mol. The summed E-state index contributed by atoms with van der Waals surface area (Å²) >= 11 is 0. The molecular weight excluding hydrogens is 408 g/mol. The van der Waals surface area contributed by atoms with Crippen molar-refractivity contribution in [1.29, 1.82) is 0 Å². The van der Waals surface area contributed by atoms with E-state index in [2.05, 4.69) is 0 Å². The second kappa shape index (κ2) is 9.01. The third kappa shape index (κ3) is 5.11.